The van der Waals surface area contributed by atoms with Gasteiger partial charge in [0.2, 0.25) is 5.91 Å². The molecule has 2 aliphatic carbocycles. The average Bonchev–Trinajstić information content (AvgIpc) is 3.37. The van der Waals surface area contributed by atoms with Crippen molar-refractivity contribution in [2.45, 2.75) is 18.9 Å². The third-order valence-electron chi connectivity index (χ3n) is 6.65. The first-order valence-corrected chi connectivity index (χ1v) is 10.5. The van der Waals surface area contributed by atoms with Crippen LogP contribution in [0.3, 0.4) is 0 Å². The Morgan fingerprint density at radius 2 is 1.88 bits per heavy atom. The first-order chi connectivity index (χ1) is 16.1. The van der Waals surface area contributed by atoms with E-state index in [0.29, 0.717) is 0 Å². The molecule has 0 radical (unpaired) electrons. The lowest BCUT2D eigenvalue weighted by Gasteiger charge is -2.30. The van der Waals surface area contributed by atoms with Crippen LogP contribution in [0.25, 0.3) is 11.1 Å². The smallest absolute Gasteiger partial charge is 0.308 e. The Balaban J connectivity index is 1.70. The molecule has 0 aliphatic heterocycles. The number of halogens is 3. The van der Waals surface area contributed by atoms with Crippen LogP contribution in [0.1, 0.15) is 33.6 Å². The molecule has 0 saturated heterocycles. The Hall–Kier alpha value is -3.82. The van der Waals surface area contributed by atoms with Gasteiger partial charge in [-0.1, -0.05) is 6.07 Å². The summed E-state index contributed by atoms with van der Waals surface area (Å²) in [6, 6.07) is 6.76. The van der Waals surface area contributed by atoms with E-state index in [1.54, 1.807) is 0 Å². The second-order valence-electron chi connectivity index (χ2n) is 8.43. The molecule has 4 atom stereocenters. The minimum absolute atomic E-state index is 0.00930. The number of carboxylic acid groups (broad SMARTS) is 1. The van der Waals surface area contributed by atoms with E-state index >= 15 is 0 Å². The van der Waals surface area contributed by atoms with Gasteiger partial charge < -0.3 is 20.9 Å². The average molecular weight is 474 g/mol. The number of hydrogen-bond acceptors (Lipinski definition) is 4. The first-order valence-electron chi connectivity index (χ1n) is 10.5. The molecule has 4 N–H and O–H groups in total. The van der Waals surface area contributed by atoms with E-state index in [-0.39, 0.29) is 46.4 Å². The summed E-state index contributed by atoms with van der Waals surface area (Å²) in [7, 11) is 1.32. The van der Waals surface area contributed by atoms with Crippen LogP contribution in [-0.2, 0) is 4.79 Å². The second-order valence-corrected chi connectivity index (χ2v) is 8.43. The van der Waals surface area contributed by atoms with Gasteiger partial charge in [0.05, 0.1) is 18.6 Å². The summed E-state index contributed by atoms with van der Waals surface area (Å²) in [5.74, 6) is -5.48. The van der Waals surface area contributed by atoms with E-state index in [2.05, 4.69) is 5.32 Å². The first kappa shape index (κ1) is 23.3. The Morgan fingerprint density at radius 1 is 1.15 bits per heavy atom. The molecule has 2 fully saturated rings. The monoisotopic (exact) mass is 474 g/mol. The highest BCUT2D eigenvalue weighted by Gasteiger charge is 2.55. The lowest BCUT2D eigenvalue weighted by Crippen LogP contribution is -2.47. The molecule has 10 heteroatoms. The van der Waals surface area contributed by atoms with E-state index in [4.69, 9.17) is 10.5 Å². The number of carboxylic acids is 1. The molecular weight excluding hydrogens is 453 g/mol. The summed E-state index contributed by atoms with van der Waals surface area (Å²) in [4.78, 5) is 36.5. The van der Waals surface area contributed by atoms with Crippen molar-refractivity contribution in [3.63, 3.8) is 0 Å². The number of fused-ring (bicyclic) bond motifs is 2. The molecule has 2 aromatic carbocycles. The molecule has 0 unspecified atom stereocenters. The number of primary amides is 1. The Bertz CT molecular complexity index is 1230. The Morgan fingerprint density at radius 3 is 2.50 bits per heavy atom. The van der Waals surface area contributed by atoms with Gasteiger partial charge in [-0.15, -0.1) is 0 Å². The van der Waals surface area contributed by atoms with Gasteiger partial charge >= 0.3 is 5.97 Å². The number of carbonyl (C=O) groups excluding carboxylic acids is 2. The molecule has 0 spiro atoms. The number of hydrogen-bond donors (Lipinski definition) is 3. The van der Waals surface area contributed by atoms with Gasteiger partial charge in [-0.25, -0.2) is 4.39 Å². The minimum Gasteiger partial charge on any atom is -0.496 e. The lowest BCUT2D eigenvalue weighted by molar-refractivity contribution is -0.144. The highest BCUT2D eigenvalue weighted by Crippen LogP contribution is 2.53. The van der Waals surface area contributed by atoms with Crippen molar-refractivity contribution in [2.24, 2.45) is 23.5 Å². The molecule has 2 aromatic rings. The number of nitrogens with one attached hydrogen (secondary N) is 1. The van der Waals surface area contributed by atoms with Crippen molar-refractivity contribution < 1.29 is 37.4 Å². The molecule has 2 bridgehead atoms. The van der Waals surface area contributed by atoms with Crippen molar-refractivity contribution in [1.29, 1.82) is 0 Å². The van der Waals surface area contributed by atoms with Crippen LogP contribution < -0.4 is 15.8 Å². The molecule has 7 nitrogen and oxygen atoms in total. The van der Waals surface area contributed by atoms with Crippen LogP contribution in [-0.4, -0.2) is 36.0 Å². The molecule has 0 heterocycles. The van der Waals surface area contributed by atoms with Gasteiger partial charge in [0.15, 0.2) is 0 Å². The van der Waals surface area contributed by atoms with Gasteiger partial charge in [0, 0.05) is 28.7 Å². The Labute approximate surface area is 192 Å². The zero-order chi connectivity index (χ0) is 24.7. The third-order valence-corrected chi connectivity index (χ3v) is 6.65. The van der Waals surface area contributed by atoms with Gasteiger partial charge in [0.1, 0.15) is 11.6 Å². The van der Waals surface area contributed by atoms with E-state index in [1.165, 1.54) is 37.4 Å². The highest BCUT2D eigenvalue weighted by atomic mass is 19.3. The number of benzene rings is 2. The molecule has 4 rings (SSSR count). The zero-order valence-corrected chi connectivity index (χ0v) is 18.0. The minimum atomic E-state index is -1.85. The maximum Gasteiger partial charge on any atom is 0.308 e. The maximum absolute atomic E-state index is 14.5. The highest BCUT2D eigenvalue weighted by molar-refractivity contribution is 5.99. The van der Waals surface area contributed by atoms with E-state index in [9.17, 15) is 32.7 Å². The summed E-state index contributed by atoms with van der Waals surface area (Å²) < 4.78 is 46.5. The second kappa shape index (κ2) is 8.85. The van der Waals surface area contributed by atoms with Gasteiger partial charge in [-0.3, -0.25) is 14.4 Å². The number of carbonyl (C=O) groups is 3. The summed E-state index contributed by atoms with van der Waals surface area (Å²) >= 11 is 0. The summed E-state index contributed by atoms with van der Waals surface area (Å²) in [5, 5.41) is 12.3. The standard InChI is InChI=1S/C24H21F3N2O5/c1-34-18-5-3-10(13-7-11(22(28)30)2-4-17(13)25)6-16(18)23(31)29-20-14-8-12(19(20)24(32)33)9-15(14)21(26)27/h2-7,12,14,19-20H,8-9H2,1H3,(H2,28,30)(H,29,31)(H,32,33)/t12-,14+,19-,20+/m0/s1. The van der Waals surface area contributed by atoms with Gasteiger partial charge in [-0.05, 0) is 54.7 Å². The van der Waals surface area contributed by atoms with Crippen LogP contribution >= 0.6 is 0 Å². The summed E-state index contributed by atoms with van der Waals surface area (Å²) in [6.45, 7) is 0. The van der Waals surface area contributed by atoms with E-state index < -0.39 is 53.5 Å². The Kier molecular flexibility index (Phi) is 6.07. The fourth-order valence-electron chi connectivity index (χ4n) is 5.11. The van der Waals surface area contributed by atoms with Crippen molar-refractivity contribution >= 4 is 17.8 Å². The third kappa shape index (κ3) is 4.00. The van der Waals surface area contributed by atoms with Crippen LogP contribution in [0.15, 0.2) is 48.1 Å². The fourth-order valence-corrected chi connectivity index (χ4v) is 5.11. The van der Waals surface area contributed by atoms with Gasteiger partial charge in [-0.2, -0.15) is 8.78 Å². The van der Waals surface area contributed by atoms with Crippen LogP contribution in [0.2, 0.25) is 0 Å². The number of nitrogens with two attached hydrogens (primary N) is 1. The molecule has 2 amide bonds. The van der Waals surface area contributed by atoms with E-state index in [0.717, 1.165) is 6.07 Å². The van der Waals surface area contributed by atoms with E-state index in [1.807, 2.05) is 0 Å². The summed E-state index contributed by atoms with van der Waals surface area (Å²) in [5.41, 5.74) is 5.43. The van der Waals surface area contributed by atoms with Crippen molar-refractivity contribution in [3.05, 3.63) is 65.0 Å². The fraction of sp³-hybridized carbons (Fsp3) is 0.292. The molecule has 34 heavy (non-hydrogen) atoms. The summed E-state index contributed by atoms with van der Waals surface area (Å²) in [6.07, 6.45) is -1.61. The SMILES string of the molecule is COc1ccc(-c2cc(C(N)=O)ccc2F)cc1C(=O)N[C@H]1[C@@H](C(=O)O)[C@@H]2CC(=C(F)F)[C@H]1C2. The number of aliphatic carboxylic acids is 1. The molecule has 2 aliphatic rings. The molecular formula is C24H21F3N2O5. The van der Waals surface area contributed by atoms with Crippen LogP contribution in [0, 0.1) is 23.6 Å². The number of rotatable bonds is 6. The van der Waals surface area contributed by atoms with Crippen molar-refractivity contribution in [2.75, 3.05) is 7.11 Å². The van der Waals surface area contributed by atoms with Crippen LogP contribution in [0.5, 0.6) is 5.75 Å². The predicted molar refractivity (Wildman–Crippen MR) is 115 cm³/mol. The van der Waals surface area contributed by atoms with Crippen molar-refractivity contribution in [3.8, 4) is 16.9 Å². The largest absolute Gasteiger partial charge is 0.496 e. The number of amides is 2. The predicted octanol–water partition coefficient (Wildman–Crippen LogP) is 3.59. The normalized spacial score (nSPS) is 23.0. The van der Waals surface area contributed by atoms with Crippen LogP contribution in [0.4, 0.5) is 13.2 Å². The quantitative estimate of drug-likeness (QED) is 0.591. The molecule has 178 valence electrons. The number of ether oxygens (including phenoxy) is 1. The lowest BCUT2D eigenvalue weighted by atomic mass is 9.81. The molecule has 2 saturated carbocycles. The maximum atomic E-state index is 14.5. The topological polar surface area (TPSA) is 119 Å². The van der Waals surface area contributed by atoms with Crippen molar-refractivity contribution in [1.82, 2.24) is 5.32 Å². The number of methoxy groups -OCH3 is 1. The zero-order valence-electron chi connectivity index (χ0n) is 18.0. The van der Waals surface area contributed by atoms with Gasteiger partial charge in [0.25, 0.3) is 12.0 Å². The molecule has 0 aromatic heterocycles.